The van der Waals surface area contributed by atoms with Gasteiger partial charge in [-0.2, -0.15) is 10.4 Å². The molecule has 0 aromatic carbocycles. The van der Waals surface area contributed by atoms with E-state index in [2.05, 4.69) is 26.8 Å². The first-order valence-corrected chi connectivity index (χ1v) is 9.26. The molecule has 0 radical (unpaired) electrons. The maximum Gasteiger partial charge on any atom is 0.270 e. The number of nitrogens with zero attached hydrogens (tertiary/aromatic N) is 6. The van der Waals surface area contributed by atoms with E-state index in [9.17, 15) is 10.1 Å². The van der Waals surface area contributed by atoms with E-state index in [-0.39, 0.29) is 11.9 Å². The highest BCUT2D eigenvalue weighted by atomic mass is 16.2. The number of nitriles is 1. The molecule has 0 saturated heterocycles. The standard InChI is InChI=1S/C18H23N7O/c1-24-15(7-10-20-24)17(26)21-16(13-5-3-2-4-6-13)14-11-25(23-22-14)18(12-19)8-9-18/h7,10-11,13,16H,2-6,8-9H2,1H3,(H,21,26)/t16-/m1/s1. The second kappa shape index (κ2) is 6.56. The predicted octanol–water partition coefficient (Wildman–Crippen LogP) is 2.08. The predicted molar refractivity (Wildman–Crippen MR) is 92.8 cm³/mol. The molecule has 2 heterocycles. The molecule has 0 spiro atoms. The van der Waals surface area contributed by atoms with E-state index in [4.69, 9.17) is 0 Å². The average molecular weight is 353 g/mol. The van der Waals surface area contributed by atoms with Crippen molar-refractivity contribution in [1.82, 2.24) is 30.1 Å². The highest BCUT2D eigenvalue weighted by molar-refractivity contribution is 5.92. The number of carbonyl (C=O) groups is 1. The Morgan fingerprint density at radius 1 is 1.38 bits per heavy atom. The molecule has 1 N–H and O–H groups in total. The molecule has 2 aromatic heterocycles. The lowest BCUT2D eigenvalue weighted by Gasteiger charge is -2.29. The number of carbonyl (C=O) groups excluding carboxylic acids is 1. The van der Waals surface area contributed by atoms with Gasteiger partial charge in [-0.1, -0.05) is 24.5 Å². The van der Waals surface area contributed by atoms with Crippen LogP contribution in [0.3, 0.4) is 0 Å². The minimum atomic E-state index is -0.533. The Kier molecular flexibility index (Phi) is 4.23. The molecule has 1 amide bonds. The molecule has 26 heavy (non-hydrogen) atoms. The number of hydrogen-bond acceptors (Lipinski definition) is 5. The van der Waals surface area contributed by atoms with E-state index in [0.717, 1.165) is 31.4 Å². The summed E-state index contributed by atoms with van der Waals surface area (Å²) in [6, 6.07) is 3.85. The van der Waals surface area contributed by atoms with Crippen LogP contribution in [-0.4, -0.2) is 30.7 Å². The summed E-state index contributed by atoms with van der Waals surface area (Å²) < 4.78 is 3.24. The van der Waals surface area contributed by atoms with E-state index >= 15 is 0 Å². The molecule has 4 rings (SSSR count). The van der Waals surface area contributed by atoms with Crippen LogP contribution in [0.5, 0.6) is 0 Å². The van der Waals surface area contributed by atoms with Gasteiger partial charge in [0.1, 0.15) is 11.4 Å². The molecule has 2 saturated carbocycles. The summed E-state index contributed by atoms with van der Waals surface area (Å²) in [5, 5.41) is 25.1. The molecular weight excluding hydrogens is 330 g/mol. The fourth-order valence-electron chi connectivity index (χ4n) is 3.85. The minimum Gasteiger partial charge on any atom is -0.342 e. The zero-order chi connectivity index (χ0) is 18.1. The quantitative estimate of drug-likeness (QED) is 0.887. The van der Waals surface area contributed by atoms with Crippen LogP contribution < -0.4 is 5.32 Å². The van der Waals surface area contributed by atoms with Crippen molar-refractivity contribution in [2.24, 2.45) is 13.0 Å². The Labute approximate surface area is 152 Å². The lowest BCUT2D eigenvalue weighted by molar-refractivity contribution is 0.0901. The van der Waals surface area contributed by atoms with Crippen molar-refractivity contribution >= 4 is 5.91 Å². The SMILES string of the molecule is Cn1nccc1C(=O)N[C@@H](c1cn(C2(C#N)CC2)nn1)C1CCCCC1. The Balaban J connectivity index is 1.60. The molecule has 136 valence electrons. The molecule has 8 nitrogen and oxygen atoms in total. The van der Waals surface area contributed by atoms with Crippen molar-refractivity contribution < 1.29 is 4.79 Å². The lowest BCUT2D eigenvalue weighted by Crippen LogP contribution is -2.35. The second-order valence-electron chi connectivity index (χ2n) is 7.42. The molecule has 2 fully saturated rings. The van der Waals surface area contributed by atoms with Gasteiger partial charge in [0, 0.05) is 13.2 Å². The fourth-order valence-corrected chi connectivity index (χ4v) is 3.85. The maximum absolute atomic E-state index is 12.7. The van der Waals surface area contributed by atoms with Gasteiger partial charge in [-0.15, -0.1) is 5.10 Å². The van der Waals surface area contributed by atoms with Crippen molar-refractivity contribution in [1.29, 1.82) is 5.26 Å². The van der Waals surface area contributed by atoms with Crippen molar-refractivity contribution in [3.63, 3.8) is 0 Å². The third-order valence-electron chi connectivity index (χ3n) is 5.66. The minimum absolute atomic E-state index is 0.156. The first kappa shape index (κ1) is 16.8. The molecular formula is C18H23N7O. The summed E-state index contributed by atoms with van der Waals surface area (Å²) in [5.41, 5.74) is 0.733. The third kappa shape index (κ3) is 2.98. The number of nitrogens with one attached hydrogen (secondary N) is 1. The van der Waals surface area contributed by atoms with Gasteiger partial charge in [-0.05, 0) is 37.7 Å². The van der Waals surface area contributed by atoms with Crippen LogP contribution in [0, 0.1) is 17.2 Å². The number of hydrogen-bond donors (Lipinski definition) is 1. The average Bonchev–Trinajstić information content (AvgIpc) is 3.09. The molecule has 2 aliphatic carbocycles. The Hall–Kier alpha value is -2.69. The monoisotopic (exact) mass is 353 g/mol. The van der Waals surface area contributed by atoms with E-state index in [1.165, 1.54) is 19.3 Å². The number of aryl methyl sites for hydroxylation is 1. The topological polar surface area (TPSA) is 101 Å². The Morgan fingerprint density at radius 3 is 2.77 bits per heavy atom. The van der Waals surface area contributed by atoms with Crippen LogP contribution in [0.2, 0.25) is 0 Å². The second-order valence-corrected chi connectivity index (χ2v) is 7.42. The molecule has 2 aromatic rings. The van der Waals surface area contributed by atoms with Crippen molar-refractivity contribution in [2.75, 3.05) is 0 Å². The maximum atomic E-state index is 12.7. The largest absolute Gasteiger partial charge is 0.342 e. The van der Waals surface area contributed by atoms with Crippen molar-refractivity contribution in [3.05, 3.63) is 29.8 Å². The molecule has 2 aliphatic rings. The molecule has 0 bridgehead atoms. The summed E-state index contributed by atoms with van der Waals surface area (Å²) in [7, 11) is 1.75. The smallest absolute Gasteiger partial charge is 0.270 e. The lowest BCUT2D eigenvalue weighted by atomic mass is 9.82. The fraction of sp³-hybridized carbons (Fsp3) is 0.611. The normalized spacial score (nSPS) is 20.3. The molecule has 0 aliphatic heterocycles. The van der Waals surface area contributed by atoms with Crippen molar-refractivity contribution in [3.8, 4) is 6.07 Å². The summed E-state index contributed by atoms with van der Waals surface area (Å²) in [4.78, 5) is 12.7. The first-order chi connectivity index (χ1) is 12.6. The van der Waals surface area contributed by atoms with Gasteiger partial charge >= 0.3 is 0 Å². The molecule has 0 unspecified atom stereocenters. The van der Waals surface area contributed by atoms with E-state index < -0.39 is 5.54 Å². The van der Waals surface area contributed by atoms with Gasteiger partial charge in [0.25, 0.3) is 5.91 Å². The van der Waals surface area contributed by atoms with Gasteiger partial charge in [0.2, 0.25) is 0 Å². The summed E-state index contributed by atoms with van der Waals surface area (Å²) >= 11 is 0. The van der Waals surface area contributed by atoms with Crippen LogP contribution >= 0.6 is 0 Å². The summed E-state index contributed by atoms with van der Waals surface area (Å²) in [5.74, 6) is 0.180. The Morgan fingerprint density at radius 2 is 2.15 bits per heavy atom. The van der Waals surface area contributed by atoms with Gasteiger partial charge < -0.3 is 5.32 Å². The van der Waals surface area contributed by atoms with Crippen LogP contribution in [0.15, 0.2) is 18.5 Å². The Bertz CT molecular complexity index is 836. The van der Waals surface area contributed by atoms with Gasteiger partial charge in [-0.3, -0.25) is 9.48 Å². The highest BCUT2D eigenvalue weighted by Crippen LogP contribution is 2.42. The summed E-state index contributed by atoms with van der Waals surface area (Å²) in [6.07, 6.45) is 10.8. The van der Waals surface area contributed by atoms with E-state index in [1.807, 2.05) is 6.20 Å². The van der Waals surface area contributed by atoms with Gasteiger partial charge in [0.05, 0.1) is 18.3 Å². The van der Waals surface area contributed by atoms with Crippen LogP contribution in [-0.2, 0) is 12.6 Å². The number of amides is 1. The highest BCUT2D eigenvalue weighted by Gasteiger charge is 2.47. The zero-order valence-corrected chi connectivity index (χ0v) is 14.9. The van der Waals surface area contributed by atoms with Crippen LogP contribution in [0.25, 0.3) is 0 Å². The number of rotatable bonds is 5. The van der Waals surface area contributed by atoms with Gasteiger partial charge in [0.15, 0.2) is 5.54 Å². The van der Waals surface area contributed by atoms with Gasteiger partial charge in [-0.25, -0.2) is 4.68 Å². The third-order valence-corrected chi connectivity index (χ3v) is 5.66. The zero-order valence-electron chi connectivity index (χ0n) is 14.9. The molecule has 1 atom stereocenters. The van der Waals surface area contributed by atoms with E-state index in [1.54, 1.807) is 28.7 Å². The van der Waals surface area contributed by atoms with Crippen molar-refractivity contribution in [2.45, 2.75) is 56.5 Å². The van der Waals surface area contributed by atoms with E-state index in [0.29, 0.717) is 11.6 Å². The van der Waals surface area contributed by atoms with Crippen LogP contribution in [0.4, 0.5) is 0 Å². The van der Waals surface area contributed by atoms with Crippen LogP contribution in [0.1, 0.15) is 67.2 Å². The molecule has 8 heteroatoms. The number of aromatic nitrogens is 5. The summed E-state index contributed by atoms with van der Waals surface area (Å²) in [6.45, 7) is 0. The first-order valence-electron chi connectivity index (χ1n) is 9.26.